The first-order valence-corrected chi connectivity index (χ1v) is 5.31. The number of aromatic nitrogens is 2. The minimum absolute atomic E-state index is 0.252. The second-order valence-electron chi connectivity index (χ2n) is 3.54. The van der Waals surface area contributed by atoms with Crippen LogP contribution in [0.3, 0.4) is 0 Å². The maximum Gasteiger partial charge on any atom is 0.331 e. The Morgan fingerprint density at radius 3 is 2.65 bits per heavy atom. The molecule has 1 amide bonds. The molecule has 7 heteroatoms. The number of amides is 1. The quantitative estimate of drug-likeness (QED) is 0.654. The summed E-state index contributed by atoms with van der Waals surface area (Å²) < 4.78 is 0.982. The Morgan fingerprint density at radius 2 is 2.12 bits per heavy atom. The monoisotopic (exact) mass is 241 g/mol. The van der Waals surface area contributed by atoms with E-state index in [2.05, 4.69) is 5.32 Å². The molecule has 0 atom stereocenters. The molecule has 94 valence electrons. The average Bonchev–Trinajstić information content (AvgIpc) is 2.28. The highest BCUT2D eigenvalue weighted by molar-refractivity contribution is 5.95. The van der Waals surface area contributed by atoms with E-state index in [1.54, 1.807) is 0 Å². The van der Waals surface area contributed by atoms with Crippen LogP contribution in [0.15, 0.2) is 9.59 Å². The molecule has 0 aliphatic heterocycles. The molecular formula is C10H15N3O4. The lowest BCUT2D eigenvalue weighted by Gasteiger charge is -2.09. The average molecular weight is 241 g/mol. The lowest BCUT2D eigenvalue weighted by molar-refractivity contribution is 0.0956. The lowest BCUT2D eigenvalue weighted by atomic mass is 10.2. The summed E-state index contributed by atoms with van der Waals surface area (Å²) in [6.07, 6.45) is 1.48. The summed E-state index contributed by atoms with van der Waals surface area (Å²) >= 11 is 0. The molecule has 0 aliphatic carbocycles. The van der Waals surface area contributed by atoms with Gasteiger partial charge in [-0.3, -0.25) is 19.1 Å². The number of unbranched alkanes of at least 4 members (excludes halogenated alkanes) is 1. The Labute approximate surface area is 97.1 Å². The number of aromatic amines is 1. The molecular weight excluding hydrogens is 226 g/mol. The van der Waals surface area contributed by atoms with Crippen LogP contribution < -0.4 is 16.6 Å². The highest BCUT2D eigenvalue weighted by Gasteiger charge is 2.19. The molecule has 0 unspecified atom stereocenters. The first-order valence-electron chi connectivity index (χ1n) is 5.31. The second kappa shape index (κ2) is 5.33. The Hall–Kier alpha value is -2.05. The fraction of sp³-hybridized carbons (Fsp3) is 0.500. The first kappa shape index (κ1) is 13.0. The van der Waals surface area contributed by atoms with Gasteiger partial charge in [0, 0.05) is 13.6 Å². The minimum Gasteiger partial charge on any atom is -0.494 e. The van der Waals surface area contributed by atoms with E-state index >= 15 is 0 Å². The van der Waals surface area contributed by atoms with Gasteiger partial charge in [0.15, 0.2) is 5.56 Å². The van der Waals surface area contributed by atoms with Crippen molar-refractivity contribution in [3.63, 3.8) is 0 Å². The summed E-state index contributed by atoms with van der Waals surface area (Å²) in [6.45, 7) is 2.18. The Balaban J connectivity index is 3.38. The van der Waals surface area contributed by atoms with Crippen LogP contribution in [0.5, 0.6) is 5.88 Å². The smallest absolute Gasteiger partial charge is 0.331 e. The van der Waals surface area contributed by atoms with Gasteiger partial charge < -0.3 is 10.4 Å². The van der Waals surface area contributed by atoms with Crippen molar-refractivity contribution in [3.8, 4) is 5.88 Å². The summed E-state index contributed by atoms with van der Waals surface area (Å²) in [5.74, 6) is -1.32. The van der Waals surface area contributed by atoms with Gasteiger partial charge in [-0.05, 0) is 6.42 Å². The number of hydrogen-bond acceptors (Lipinski definition) is 4. The van der Waals surface area contributed by atoms with Crippen LogP contribution in [-0.4, -0.2) is 27.6 Å². The number of carbonyl (C=O) groups excluding carboxylic acids is 1. The van der Waals surface area contributed by atoms with Gasteiger partial charge in [0.25, 0.3) is 11.5 Å². The molecule has 0 saturated carbocycles. The molecule has 17 heavy (non-hydrogen) atoms. The van der Waals surface area contributed by atoms with Gasteiger partial charge in [0.1, 0.15) is 0 Å². The second-order valence-corrected chi connectivity index (χ2v) is 3.54. The number of H-pyrrole nitrogens is 1. The van der Waals surface area contributed by atoms with E-state index in [0.717, 1.165) is 11.0 Å². The summed E-state index contributed by atoms with van der Waals surface area (Å²) in [7, 11) is 1.34. The molecule has 0 bridgehead atoms. The molecule has 1 rings (SSSR count). The van der Waals surface area contributed by atoms with Gasteiger partial charge in [0.05, 0.1) is 0 Å². The van der Waals surface area contributed by atoms with Crippen molar-refractivity contribution in [1.82, 2.24) is 14.9 Å². The molecule has 1 heterocycles. The van der Waals surface area contributed by atoms with Crippen LogP contribution >= 0.6 is 0 Å². The van der Waals surface area contributed by atoms with Gasteiger partial charge in [-0.1, -0.05) is 13.3 Å². The van der Waals surface area contributed by atoms with Crippen LogP contribution in [-0.2, 0) is 6.54 Å². The topological polar surface area (TPSA) is 104 Å². The van der Waals surface area contributed by atoms with E-state index in [9.17, 15) is 19.5 Å². The first-order chi connectivity index (χ1) is 8.02. The van der Waals surface area contributed by atoms with E-state index in [1.165, 1.54) is 7.05 Å². The van der Waals surface area contributed by atoms with Crippen LogP contribution in [0.2, 0.25) is 0 Å². The number of nitrogens with one attached hydrogen (secondary N) is 2. The summed E-state index contributed by atoms with van der Waals surface area (Å²) in [6, 6.07) is 0. The van der Waals surface area contributed by atoms with Gasteiger partial charge >= 0.3 is 5.69 Å². The van der Waals surface area contributed by atoms with Crippen molar-refractivity contribution in [2.24, 2.45) is 0 Å². The van der Waals surface area contributed by atoms with E-state index in [-0.39, 0.29) is 6.54 Å². The number of rotatable bonds is 4. The Kier molecular flexibility index (Phi) is 4.08. The molecule has 0 saturated heterocycles. The molecule has 0 radical (unpaired) electrons. The lowest BCUT2D eigenvalue weighted by Crippen LogP contribution is -2.36. The Morgan fingerprint density at radius 1 is 1.47 bits per heavy atom. The van der Waals surface area contributed by atoms with Crippen LogP contribution in [0.4, 0.5) is 0 Å². The molecule has 0 aliphatic rings. The zero-order chi connectivity index (χ0) is 13.0. The molecule has 0 aromatic carbocycles. The van der Waals surface area contributed by atoms with Crippen molar-refractivity contribution < 1.29 is 9.90 Å². The zero-order valence-corrected chi connectivity index (χ0v) is 9.74. The highest BCUT2D eigenvalue weighted by atomic mass is 16.3. The summed E-state index contributed by atoms with van der Waals surface area (Å²) in [4.78, 5) is 36.2. The molecule has 1 aromatic heterocycles. The SMILES string of the molecule is CCCCn1c(O)c(C(=O)NC)c(=O)[nH]c1=O. The molecule has 3 N–H and O–H groups in total. The highest BCUT2D eigenvalue weighted by Crippen LogP contribution is 2.10. The fourth-order valence-electron chi connectivity index (χ4n) is 1.41. The maximum atomic E-state index is 11.4. The van der Waals surface area contributed by atoms with Crippen molar-refractivity contribution in [2.75, 3.05) is 7.05 Å². The van der Waals surface area contributed by atoms with Gasteiger partial charge in [-0.2, -0.15) is 0 Å². The van der Waals surface area contributed by atoms with Crippen molar-refractivity contribution >= 4 is 5.91 Å². The van der Waals surface area contributed by atoms with Crippen LogP contribution in [0.1, 0.15) is 30.1 Å². The fourth-order valence-corrected chi connectivity index (χ4v) is 1.41. The molecule has 1 aromatic rings. The van der Waals surface area contributed by atoms with Crippen molar-refractivity contribution in [1.29, 1.82) is 0 Å². The standard InChI is InChI=1S/C10H15N3O4/c1-3-4-5-13-9(16)6(7(14)11-2)8(15)12-10(13)17/h16H,3-5H2,1-2H3,(H,11,14)(H,12,15,17). The van der Waals surface area contributed by atoms with Crippen LogP contribution in [0.25, 0.3) is 0 Å². The summed E-state index contributed by atoms with van der Waals surface area (Å²) in [5.41, 5.74) is -2.04. The van der Waals surface area contributed by atoms with Crippen molar-refractivity contribution in [3.05, 3.63) is 26.4 Å². The van der Waals surface area contributed by atoms with Crippen LogP contribution in [0, 0.1) is 0 Å². The molecule has 0 spiro atoms. The molecule has 0 fully saturated rings. The number of carbonyl (C=O) groups is 1. The maximum absolute atomic E-state index is 11.4. The van der Waals surface area contributed by atoms with E-state index in [1.807, 2.05) is 11.9 Å². The van der Waals surface area contributed by atoms with Crippen molar-refractivity contribution in [2.45, 2.75) is 26.3 Å². The predicted octanol–water partition coefficient (Wildman–Crippen LogP) is -0.598. The third kappa shape index (κ3) is 2.55. The van der Waals surface area contributed by atoms with E-state index in [0.29, 0.717) is 6.42 Å². The predicted molar refractivity (Wildman–Crippen MR) is 61.3 cm³/mol. The number of aromatic hydroxyl groups is 1. The number of hydrogen-bond donors (Lipinski definition) is 3. The van der Waals surface area contributed by atoms with E-state index in [4.69, 9.17) is 0 Å². The third-order valence-electron chi connectivity index (χ3n) is 2.36. The van der Waals surface area contributed by atoms with Gasteiger partial charge in [-0.15, -0.1) is 0 Å². The normalized spacial score (nSPS) is 10.2. The number of nitrogens with zero attached hydrogens (tertiary/aromatic N) is 1. The van der Waals surface area contributed by atoms with Gasteiger partial charge in [-0.25, -0.2) is 4.79 Å². The van der Waals surface area contributed by atoms with E-state index < -0.39 is 28.6 Å². The largest absolute Gasteiger partial charge is 0.494 e. The molecule has 7 nitrogen and oxygen atoms in total. The summed E-state index contributed by atoms with van der Waals surface area (Å²) in [5, 5.41) is 12.0. The Bertz CT molecular complexity index is 529. The van der Waals surface area contributed by atoms with Gasteiger partial charge in [0.2, 0.25) is 5.88 Å². The minimum atomic E-state index is -0.889. The third-order valence-corrected chi connectivity index (χ3v) is 2.36. The zero-order valence-electron chi connectivity index (χ0n) is 9.74.